The molecular formula is C19H21NO2. The van der Waals surface area contributed by atoms with Crippen molar-refractivity contribution in [3.63, 3.8) is 0 Å². The van der Waals surface area contributed by atoms with Crippen LogP contribution in [0.15, 0.2) is 42.5 Å². The zero-order valence-electron chi connectivity index (χ0n) is 12.9. The van der Waals surface area contributed by atoms with Gasteiger partial charge in [-0.3, -0.25) is 4.79 Å². The maximum absolute atomic E-state index is 12.8. The Morgan fingerprint density at radius 2 is 2.00 bits per heavy atom. The fourth-order valence-corrected chi connectivity index (χ4v) is 3.89. The van der Waals surface area contributed by atoms with Gasteiger partial charge in [0.15, 0.2) is 0 Å². The smallest absolute Gasteiger partial charge is 0.253 e. The fourth-order valence-electron chi connectivity index (χ4n) is 3.89. The first-order valence-electron chi connectivity index (χ1n) is 8.14. The third-order valence-electron chi connectivity index (χ3n) is 4.99. The van der Waals surface area contributed by atoms with Crippen LogP contribution in [0.5, 0.6) is 0 Å². The molecule has 3 heteroatoms. The number of hydrogen-bond acceptors (Lipinski definition) is 2. The summed E-state index contributed by atoms with van der Waals surface area (Å²) in [6.45, 7) is 3.77. The molecule has 2 saturated heterocycles. The number of likely N-dealkylation sites (tertiary alicyclic amines) is 1. The molecule has 0 aliphatic carbocycles. The van der Waals surface area contributed by atoms with E-state index in [0.717, 1.165) is 36.9 Å². The normalized spacial score (nSPS) is 27.9. The van der Waals surface area contributed by atoms with Gasteiger partial charge < -0.3 is 9.64 Å². The van der Waals surface area contributed by atoms with Gasteiger partial charge in [-0.2, -0.15) is 0 Å². The second-order valence-corrected chi connectivity index (χ2v) is 6.58. The van der Waals surface area contributed by atoms with Crippen LogP contribution < -0.4 is 0 Å². The van der Waals surface area contributed by atoms with Crippen molar-refractivity contribution in [1.82, 2.24) is 4.90 Å². The van der Waals surface area contributed by atoms with Crippen molar-refractivity contribution in [1.29, 1.82) is 0 Å². The molecule has 2 aromatic rings. The molecule has 0 saturated carbocycles. The summed E-state index contributed by atoms with van der Waals surface area (Å²) in [6.07, 6.45) is 2.74. The summed E-state index contributed by atoms with van der Waals surface area (Å²) >= 11 is 0. The quantitative estimate of drug-likeness (QED) is 0.806. The minimum absolute atomic E-state index is 0.156. The molecule has 3 atom stereocenters. The van der Waals surface area contributed by atoms with E-state index >= 15 is 0 Å². The number of amides is 1. The standard InChI is InChI=1S/C19H21NO2/c1-13-10-17-12-20(9-8-18(17)22-13)19(21)16-7-6-14-4-2-3-5-15(14)11-16/h2-7,11,13,17-18H,8-10,12H2,1H3/t13-,17-,18-/m1/s1. The summed E-state index contributed by atoms with van der Waals surface area (Å²) < 4.78 is 5.92. The average Bonchev–Trinajstić information content (AvgIpc) is 2.92. The molecule has 1 amide bonds. The second kappa shape index (κ2) is 5.40. The van der Waals surface area contributed by atoms with Crippen LogP contribution in [0.1, 0.15) is 30.1 Å². The number of fused-ring (bicyclic) bond motifs is 2. The van der Waals surface area contributed by atoms with Crippen molar-refractivity contribution in [2.75, 3.05) is 13.1 Å². The minimum Gasteiger partial charge on any atom is -0.375 e. The van der Waals surface area contributed by atoms with Crippen molar-refractivity contribution in [2.24, 2.45) is 5.92 Å². The molecule has 2 fully saturated rings. The highest BCUT2D eigenvalue weighted by molar-refractivity contribution is 5.98. The van der Waals surface area contributed by atoms with Crippen LogP contribution in [0.3, 0.4) is 0 Å². The molecular weight excluding hydrogens is 274 g/mol. The summed E-state index contributed by atoms with van der Waals surface area (Å²) in [5.41, 5.74) is 0.795. The van der Waals surface area contributed by atoms with Crippen LogP contribution >= 0.6 is 0 Å². The summed E-state index contributed by atoms with van der Waals surface area (Å²) in [7, 11) is 0. The van der Waals surface area contributed by atoms with Gasteiger partial charge >= 0.3 is 0 Å². The largest absolute Gasteiger partial charge is 0.375 e. The maximum Gasteiger partial charge on any atom is 0.253 e. The Kier molecular flexibility index (Phi) is 3.38. The number of hydrogen-bond donors (Lipinski definition) is 0. The molecule has 2 heterocycles. The summed E-state index contributed by atoms with van der Waals surface area (Å²) in [4.78, 5) is 14.8. The SMILES string of the molecule is C[C@@H]1C[C@@H]2CN(C(=O)c3ccc4ccccc4c3)CC[C@H]2O1. The predicted octanol–water partition coefficient (Wildman–Crippen LogP) is 3.48. The summed E-state index contributed by atoms with van der Waals surface area (Å²) in [5.74, 6) is 0.664. The van der Waals surface area contributed by atoms with E-state index in [4.69, 9.17) is 4.74 Å². The lowest BCUT2D eigenvalue weighted by molar-refractivity contribution is 0.00865. The van der Waals surface area contributed by atoms with Crippen molar-refractivity contribution < 1.29 is 9.53 Å². The molecule has 0 spiro atoms. The van der Waals surface area contributed by atoms with Crippen LogP contribution in [0.2, 0.25) is 0 Å². The Morgan fingerprint density at radius 1 is 1.18 bits per heavy atom. The molecule has 0 aromatic heterocycles. The number of carbonyl (C=O) groups is 1. The Morgan fingerprint density at radius 3 is 2.86 bits per heavy atom. The zero-order chi connectivity index (χ0) is 15.1. The molecule has 114 valence electrons. The van der Waals surface area contributed by atoms with Gasteiger partial charge in [-0.15, -0.1) is 0 Å². The van der Waals surface area contributed by atoms with Crippen LogP contribution in [0, 0.1) is 5.92 Å². The highest BCUT2D eigenvalue weighted by Crippen LogP contribution is 2.33. The van der Waals surface area contributed by atoms with E-state index in [1.54, 1.807) is 0 Å². The Balaban J connectivity index is 1.55. The van der Waals surface area contributed by atoms with Crippen molar-refractivity contribution in [2.45, 2.75) is 32.0 Å². The van der Waals surface area contributed by atoms with Crippen LogP contribution in [-0.2, 0) is 4.74 Å². The van der Waals surface area contributed by atoms with Crippen LogP contribution in [0.4, 0.5) is 0 Å². The van der Waals surface area contributed by atoms with Gasteiger partial charge in [0.1, 0.15) is 0 Å². The highest BCUT2D eigenvalue weighted by atomic mass is 16.5. The van der Waals surface area contributed by atoms with Gasteiger partial charge in [-0.1, -0.05) is 30.3 Å². The lowest BCUT2D eigenvalue weighted by Gasteiger charge is -2.34. The number of rotatable bonds is 1. The van der Waals surface area contributed by atoms with Gasteiger partial charge in [0, 0.05) is 24.6 Å². The molecule has 0 radical (unpaired) electrons. The molecule has 0 unspecified atom stereocenters. The van der Waals surface area contributed by atoms with E-state index in [0.29, 0.717) is 18.1 Å². The Bertz CT molecular complexity index is 711. The molecule has 2 aliphatic heterocycles. The van der Waals surface area contributed by atoms with Gasteiger partial charge in [-0.25, -0.2) is 0 Å². The molecule has 0 bridgehead atoms. The monoisotopic (exact) mass is 295 g/mol. The second-order valence-electron chi connectivity index (χ2n) is 6.58. The first kappa shape index (κ1) is 13.8. The Labute approximate surface area is 130 Å². The van der Waals surface area contributed by atoms with Crippen LogP contribution in [0.25, 0.3) is 10.8 Å². The molecule has 2 aromatic carbocycles. The fraction of sp³-hybridized carbons (Fsp3) is 0.421. The van der Waals surface area contributed by atoms with E-state index in [9.17, 15) is 4.79 Å². The highest BCUT2D eigenvalue weighted by Gasteiger charge is 2.38. The number of benzene rings is 2. The van der Waals surface area contributed by atoms with E-state index in [2.05, 4.69) is 19.1 Å². The predicted molar refractivity (Wildman–Crippen MR) is 86.9 cm³/mol. The van der Waals surface area contributed by atoms with Gasteiger partial charge in [0.05, 0.1) is 12.2 Å². The third-order valence-corrected chi connectivity index (χ3v) is 4.99. The molecule has 2 aliphatic rings. The van der Waals surface area contributed by atoms with Crippen LogP contribution in [-0.4, -0.2) is 36.1 Å². The molecule has 3 nitrogen and oxygen atoms in total. The lowest BCUT2D eigenvalue weighted by Crippen LogP contribution is -2.44. The molecule has 4 rings (SSSR count). The first-order chi connectivity index (χ1) is 10.7. The first-order valence-corrected chi connectivity index (χ1v) is 8.14. The maximum atomic E-state index is 12.8. The molecule has 22 heavy (non-hydrogen) atoms. The van der Waals surface area contributed by atoms with Crippen molar-refractivity contribution in [3.05, 3.63) is 48.0 Å². The number of ether oxygens (including phenoxy) is 1. The number of piperidine rings is 1. The molecule has 0 N–H and O–H groups in total. The van der Waals surface area contributed by atoms with Crippen molar-refractivity contribution >= 4 is 16.7 Å². The third kappa shape index (κ3) is 2.40. The average molecular weight is 295 g/mol. The topological polar surface area (TPSA) is 29.5 Å². The van der Waals surface area contributed by atoms with E-state index in [1.165, 1.54) is 5.39 Å². The van der Waals surface area contributed by atoms with E-state index in [-0.39, 0.29) is 5.91 Å². The Hall–Kier alpha value is -1.87. The van der Waals surface area contributed by atoms with Gasteiger partial charge in [0.2, 0.25) is 0 Å². The summed E-state index contributed by atoms with van der Waals surface area (Å²) in [6, 6.07) is 14.2. The van der Waals surface area contributed by atoms with Gasteiger partial charge in [0.25, 0.3) is 5.91 Å². The zero-order valence-corrected chi connectivity index (χ0v) is 12.9. The van der Waals surface area contributed by atoms with E-state index in [1.807, 2.05) is 35.2 Å². The minimum atomic E-state index is 0.156. The van der Waals surface area contributed by atoms with E-state index < -0.39 is 0 Å². The number of nitrogens with zero attached hydrogens (tertiary/aromatic N) is 1. The van der Waals surface area contributed by atoms with Crippen molar-refractivity contribution in [3.8, 4) is 0 Å². The van der Waals surface area contributed by atoms with Gasteiger partial charge in [-0.05, 0) is 42.7 Å². The lowest BCUT2D eigenvalue weighted by atomic mass is 9.92. The summed E-state index contributed by atoms with van der Waals surface area (Å²) in [5, 5.41) is 2.30. The number of carbonyl (C=O) groups excluding carboxylic acids is 1.